The Labute approximate surface area is 195 Å². The quantitative estimate of drug-likeness (QED) is 0.194. The van der Waals surface area contributed by atoms with Crippen LogP contribution in [0, 0.1) is 5.92 Å². The summed E-state index contributed by atoms with van der Waals surface area (Å²) in [5, 5.41) is 9.43. The van der Waals surface area contributed by atoms with Gasteiger partial charge < -0.3 is 20.7 Å². The molecule has 0 bridgehead atoms. The standard InChI is InChI=1S/C23H30N4O2.HI/c1-2-24-23(26-15-14-25-22(28)20-10-11-20)27-16-18-8-12-21(13-9-18)29-17-19-6-4-3-5-7-19;/h3-9,12-13,20H,2,10-11,14-17H2,1H3,(H,25,28)(H2,24,26,27);1H. The van der Waals surface area contributed by atoms with Gasteiger partial charge in [0.1, 0.15) is 12.4 Å². The van der Waals surface area contributed by atoms with Gasteiger partial charge in [0, 0.05) is 25.6 Å². The molecule has 1 saturated carbocycles. The Bertz CT molecular complexity index is 793. The second kappa shape index (κ2) is 13.1. The molecule has 0 unspecified atom stereocenters. The zero-order valence-corrected chi connectivity index (χ0v) is 19.7. The van der Waals surface area contributed by atoms with E-state index in [1.165, 1.54) is 0 Å². The second-order valence-electron chi connectivity index (χ2n) is 7.11. The minimum absolute atomic E-state index is 0. The van der Waals surface area contributed by atoms with E-state index < -0.39 is 0 Å². The molecular formula is C23H31IN4O2. The van der Waals surface area contributed by atoms with Crippen molar-refractivity contribution >= 4 is 35.8 Å². The van der Waals surface area contributed by atoms with E-state index in [1.807, 2.05) is 49.4 Å². The lowest BCUT2D eigenvalue weighted by Crippen LogP contribution is -2.41. The third-order valence-corrected chi connectivity index (χ3v) is 4.60. The van der Waals surface area contributed by atoms with Crippen molar-refractivity contribution in [3.63, 3.8) is 0 Å². The molecule has 0 spiro atoms. The highest BCUT2D eigenvalue weighted by Gasteiger charge is 2.28. The summed E-state index contributed by atoms with van der Waals surface area (Å²) < 4.78 is 5.82. The second-order valence-corrected chi connectivity index (χ2v) is 7.11. The maximum Gasteiger partial charge on any atom is 0.223 e. The van der Waals surface area contributed by atoms with Crippen molar-refractivity contribution in [1.82, 2.24) is 16.0 Å². The van der Waals surface area contributed by atoms with E-state index in [-0.39, 0.29) is 35.8 Å². The van der Waals surface area contributed by atoms with E-state index in [0.717, 1.165) is 42.2 Å². The van der Waals surface area contributed by atoms with Crippen LogP contribution < -0.4 is 20.7 Å². The zero-order chi connectivity index (χ0) is 20.3. The minimum Gasteiger partial charge on any atom is -0.489 e. The number of rotatable bonds is 10. The SMILES string of the molecule is CCNC(=NCc1ccc(OCc2ccccc2)cc1)NCCNC(=O)C1CC1.I. The van der Waals surface area contributed by atoms with Crippen molar-refractivity contribution in [2.24, 2.45) is 10.9 Å². The Morgan fingerprint density at radius 3 is 2.33 bits per heavy atom. The highest BCUT2D eigenvalue weighted by molar-refractivity contribution is 14.0. The van der Waals surface area contributed by atoms with Gasteiger partial charge in [-0.15, -0.1) is 24.0 Å². The van der Waals surface area contributed by atoms with Gasteiger partial charge >= 0.3 is 0 Å². The maximum atomic E-state index is 11.6. The monoisotopic (exact) mass is 522 g/mol. The molecule has 1 aliphatic carbocycles. The molecule has 7 heteroatoms. The van der Waals surface area contributed by atoms with Crippen LogP contribution in [0.1, 0.15) is 30.9 Å². The predicted octanol–water partition coefficient (Wildman–Crippen LogP) is 3.46. The number of benzene rings is 2. The van der Waals surface area contributed by atoms with Gasteiger partial charge in [-0.2, -0.15) is 0 Å². The van der Waals surface area contributed by atoms with Gasteiger partial charge in [0.05, 0.1) is 6.54 Å². The minimum atomic E-state index is 0. The van der Waals surface area contributed by atoms with Crippen LogP contribution in [0.4, 0.5) is 0 Å². The third-order valence-electron chi connectivity index (χ3n) is 4.60. The van der Waals surface area contributed by atoms with Crippen LogP contribution in [0.5, 0.6) is 5.75 Å². The van der Waals surface area contributed by atoms with E-state index >= 15 is 0 Å². The van der Waals surface area contributed by atoms with Crippen molar-refractivity contribution < 1.29 is 9.53 Å². The van der Waals surface area contributed by atoms with E-state index in [1.54, 1.807) is 0 Å². The van der Waals surface area contributed by atoms with Gasteiger partial charge in [0.15, 0.2) is 5.96 Å². The van der Waals surface area contributed by atoms with Crippen molar-refractivity contribution in [3.8, 4) is 5.75 Å². The van der Waals surface area contributed by atoms with Gasteiger partial charge in [-0.1, -0.05) is 42.5 Å². The molecule has 1 fully saturated rings. The summed E-state index contributed by atoms with van der Waals surface area (Å²) in [7, 11) is 0. The summed E-state index contributed by atoms with van der Waals surface area (Å²) in [6.45, 7) is 5.20. The summed E-state index contributed by atoms with van der Waals surface area (Å²) in [5.74, 6) is 2.01. The molecule has 0 atom stereocenters. The number of nitrogens with zero attached hydrogens (tertiary/aromatic N) is 1. The Morgan fingerprint density at radius 2 is 1.67 bits per heavy atom. The molecule has 2 aromatic rings. The van der Waals surface area contributed by atoms with Gasteiger partial charge in [-0.05, 0) is 43.0 Å². The van der Waals surface area contributed by atoms with Crippen LogP contribution >= 0.6 is 24.0 Å². The van der Waals surface area contributed by atoms with Crippen molar-refractivity contribution in [2.45, 2.75) is 32.9 Å². The summed E-state index contributed by atoms with van der Waals surface area (Å²) in [4.78, 5) is 16.3. The lowest BCUT2D eigenvalue weighted by atomic mass is 10.2. The average molecular weight is 522 g/mol. The molecule has 0 aromatic heterocycles. The number of amides is 1. The van der Waals surface area contributed by atoms with Gasteiger partial charge in [-0.3, -0.25) is 4.79 Å². The Kier molecular flexibility index (Phi) is 10.5. The van der Waals surface area contributed by atoms with Crippen LogP contribution in [0.15, 0.2) is 59.6 Å². The lowest BCUT2D eigenvalue weighted by molar-refractivity contribution is -0.122. The molecule has 3 rings (SSSR count). The fourth-order valence-corrected chi connectivity index (χ4v) is 2.80. The summed E-state index contributed by atoms with van der Waals surface area (Å²) in [6, 6.07) is 18.1. The van der Waals surface area contributed by atoms with E-state index in [0.29, 0.717) is 26.2 Å². The average Bonchev–Trinajstić information content (AvgIpc) is 3.60. The molecular weight excluding hydrogens is 491 g/mol. The molecule has 0 radical (unpaired) electrons. The highest BCUT2D eigenvalue weighted by Crippen LogP contribution is 2.28. The normalized spacial score (nSPS) is 13.2. The Hall–Kier alpha value is -2.29. The van der Waals surface area contributed by atoms with Gasteiger partial charge in [-0.25, -0.2) is 4.99 Å². The first-order chi connectivity index (χ1) is 14.2. The fourth-order valence-electron chi connectivity index (χ4n) is 2.80. The number of hydrogen-bond donors (Lipinski definition) is 3. The van der Waals surface area contributed by atoms with Crippen LogP contribution in [-0.2, 0) is 17.9 Å². The molecule has 0 saturated heterocycles. The molecule has 162 valence electrons. The Morgan fingerprint density at radius 1 is 0.967 bits per heavy atom. The number of carbonyl (C=O) groups is 1. The largest absolute Gasteiger partial charge is 0.489 e. The van der Waals surface area contributed by atoms with E-state index in [2.05, 4.69) is 33.1 Å². The van der Waals surface area contributed by atoms with E-state index in [4.69, 9.17) is 4.74 Å². The molecule has 3 N–H and O–H groups in total. The topological polar surface area (TPSA) is 74.8 Å². The highest BCUT2D eigenvalue weighted by atomic mass is 127. The first kappa shape index (κ1) is 24.0. The number of ether oxygens (including phenoxy) is 1. The molecule has 0 aliphatic heterocycles. The van der Waals surface area contributed by atoms with Crippen LogP contribution in [0.2, 0.25) is 0 Å². The first-order valence-electron chi connectivity index (χ1n) is 10.3. The van der Waals surface area contributed by atoms with Gasteiger partial charge in [0.25, 0.3) is 0 Å². The molecule has 2 aromatic carbocycles. The predicted molar refractivity (Wildman–Crippen MR) is 131 cm³/mol. The number of hydrogen-bond acceptors (Lipinski definition) is 3. The van der Waals surface area contributed by atoms with Crippen molar-refractivity contribution in [3.05, 3.63) is 65.7 Å². The number of nitrogens with one attached hydrogen (secondary N) is 3. The van der Waals surface area contributed by atoms with Crippen LogP contribution in [0.25, 0.3) is 0 Å². The molecule has 30 heavy (non-hydrogen) atoms. The number of guanidine groups is 1. The lowest BCUT2D eigenvalue weighted by Gasteiger charge is -2.12. The van der Waals surface area contributed by atoms with Crippen LogP contribution in [0.3, 0.4) is 0 Å². The van der Waals surface area contributed by atoms with Crippen molar-refractivity contribution in [2.75, 3.05) is 19.6 Å². The smallest absolute Gasteiger partial charge is 0.223 e. The van der Waals surface area contributed by atoms with Gasteiger partial charge in [0.2, 0.25) is 5.91 Å². The number of aliphatic imine (C=N–C) groups is 1. The summed E-state index contributed by atoms with van der Waals surface area (Å²) >= 11 is 0. The Balaban J connectivity index is 0.00000320. The molecule has 6 nitrogen and oxygen atoms in total. The maximum absolute atomic E-state index is 11.6. The van der Waals surface area contributed by atoms with Crippen molar-refractivity contribution in [1.29, 1.82) is 0 Å². The number of halogens is 1. The molecule has 1 amide bonds. The fraction of sp³-hybridized carbons (Fsp3) is 0.391. The van der Waals surface area contributed by atoms with Crippen LogP contribution in [-0.4, -0.2) is 31.5 Å². The summed E-state index contributed by atoms with van der Waals surface area (Å²) in [5.41, 5.74) is 2.26. The first-order valence-corrected chi connectivity index (χ1v) is 10.3. The number of carbonyl (C=O) groups excluding carboxylic acids is 1. The summed E-state index contributed by atoms with van der Waals surface area (Å²) in [6.07, 6.45) is 2.05. The van der Waals surface area contributed by atoms with E-state index in [9.17, 15) is 4.79 Å². The molecule has 1 aliphatic rings. The third kappa shape index (κ3) is 8.61. The molecule has 0 heterocycles. The zero-order valence-electron chi connectivity index (χ0n) is 17.4.